The van der Waals surface area contributed by atoms with E-state index in [9.17, 15) is 32.5 Å². The number of hydrogen-bond donors (Lipinski definition) is 2. The number of benzene rings is 1. The monoisotopic (exact) mass is 342 g/mol. The number of hydroxylamine groups is 1. The van der Waals surface area contributed by atoms with Gasteiger partial charge in [-0.25, -0.2) is 14.7 Å². The average molecular weight is 342 g/mol. The number of non-ortho nitro benzene ring substituents is 1. The lowest BCUT2D eigenvalue weighted by atomic mass is 10.2. The van der Waals surface area contributed by atoms with E-state index in [1.807, 2.05) is 0 Å². The maximum absolute atomic E-state index is 12.6. The molecule has 0 unspecified atom stereocenters. The summed E-state index contributed by atoms with van der Waals surface area (Å²) in [6.07, 6.45) is -5.75. The lowest BCUT2D eigenvalue weighted by Crippen LogP contribution is -2.30. The topological polar surface area (TPSA) is 102 Å². The number of carbonyl (C=O) groups excluding carboxylic acids is 1. The molecule has 1 amide bonds. The zero-order valence-electron chi connectivity index (χ0n) is 12.3. The highest BCUT2D eigenvalue weighted by Crippen LogP contribution is 2.33. The highest BCUT2D eigenvalue weighted by atomic mass is 19.4. The summed E-state index contributed by atoms with van der Waals surface area (Å²) < 4.78 is 53.3. The highest BCUT2D eigenvalue weighted by Gasteiger charge is 2.35. The molecule has 0 bridgehead atoms. The van der Waals surface area contributed by atoms with Crippen molar-refractivity contribution in [3.05, 3.63) is 39.7 Å². The van der Waals surface area contributed by atoms with Gasteiger partial charge in [-0.3, -0.25) is 15.3 Å². The van der Waals surface area contributed by atoms with E-state index in [1.54, 1.807) is 20.8 Å². The second kappa shape index (κ2) is 7.72. The number of ether oxygens (including phenoxy) is 1. The second-order valence-electron chi connectivity index (χ2n) is 5.03. The standard InChI is InChI=1S/C7H3F4NO2.C5H11NO3/c8-6-2-1-4(12(13)14)3-5(6)7(9,10)11;1-5(2,3)9-4(7)6-8/h1-3H;8H,1-3H3,(H,6,7). The molecule has 2 N–H and O–H groups in total. The Hall–Kier alpha value is -2.43. The number of carbonyl (C=O) groups is 1. The summed E-state index contributed by atoms with van der Waals surface area (Å²) in [5.41, 5.74) is -1.61. The molecule has 0 saturated heterocycles. The van der Waals surface area contributed by atoms with Crippen molar-refractivity contribution in [1.82, 2.24) is 5.48 Å². The van der Waals surface area contributed by atoms with Gasteiger partial charge in [-0.2, -0.15) is 13.2 Å². The van der Waals surface area contributed by atoms with E-state index < -0.39 is 39.9 Å². The molecule has 1 rings (SSSR count). The number of amides is 1. The minimum atomic E-state index is -4.92. The van der Waals surface area contributed by atoms with Gasteiger partial charge < -0.3 is 4.74 Å². The van der Waals surface area contributed by atoms with E-state index in [4.69, 9.17) is 5.21 Å². The van der Waals surface area contributed by atoms with Crippen LogP contribution in [0.15, 0.2) is 18.2 Å². The summed E-state index contributed by atoms with van der Waals surface area (Å²) in [5.74, 6) is -1.52. The molecule has 0 saturated carbocycles. The minimum absolute atomic E-state index is 0.162. The lowest BCUT2D eigenvalue weighted by Gasteiger charge is -2.17. The first-order valence-electron chi connectivity index (χ1n) is 5.92. The Bertz CT molecular complexity index is 570. The summed E-state index contributed by atoms with van der Waals surface area (Å²) in [6, 6.07) is 1.25. The molecule has 0 heterocycles. The van der Waals surface area contributed by atoms with E-state index >= 15 is 0 Å². The van der Waals surface area contributed by atoms with Gasteiger partial charge >= 0.3 is 12.3 Å². The van der Waals surface area contributed by atoms with Crippen molar-refractivity contribution >= 4 is 11.8 Å². The smallest absolute Gasteiger partial charge is 0.431 e. The fraction of sp³-hybridized carbons (Fsp3) is 0.417. The maximum atomic E-state index is 12.6. The summed E-state index contributed by atoms with van der Waals surface area (Å²) in [7, 11) is 0. The number of nitro benzene ring substituents is 1. The first-order chi connectivity index (χ1) is 10.3. The molecule has 0 radical (unpaired) electrons. The normalized spacial score (nSPS) is 11.1. The largest absolute Gasteiger partial charge is 0.442 e. The minimum Gasteiger partial charge on any atom is -0.442 e. The quantitative estimate of drug-likeness (QED) is 0.351. The average Bonchev–Trinajstić information content (AvgIpc) is 2.36. The molecular weight excluding hydrogens is 328 g/mol. The first kappa shape index (κ1) is 20.6. The van der Waals surface area contributed by atoms with Gasteiger partial charge in [-0.05, 0) is 26.8 Å². The van der Waals surface area contributed by atoms with Crippen LogP contribution in [-0.4, -0.2) is 21.8 Å². The molecule has 130 valence electrons. The van der Waals surface area contributed by atoms with E-state index in [0.717, 1.165) is 0 Å². The van der Waals surface area contributed by atoms with Crippen molar-refractivity contribution in [1.29, 1.82) is 0 Å². The predicted octanol–water partition coefficient (Wildman–Crippen LogP) is 3.65. The third kappa shape index (κ3) is 7.95. The number of nitrogens with one attached hydrogen (secondary N) is 1. The summed E-state index contributed by atoms with van der Waals surface area (Å²) in [4.78, 5) is 19.3. The zero-order valence-corrected chi connectivity index (χ0v) is 12.3. The SMILES string of the molecule is CC(C)(C)OC(=O)NO.O=[N+]([O-])c1ccc(F)c(C(F)(F)F)c1. The van der Waals surface area contributed by atoms with Crippen molar-refractivity contribution < 1.29 is 37.2 Å². The van der Waals surface area contributed by atoms with Crippen LogP contribution in [-0.2, 0) is 10.9 Å². The molecule has 1 aromatic rings. The van der Waals surface area contributed by atoms with Gasteiger partial charge in [0.1, 0.15) is 11.4 Å². The fourth-order valence-electron chi connectivity index (χ4n) is 1.14. The Morgan fingerprint density at radius 2 is 1.83 bits per heavy atom. The lowest BCUT2D eigenvalue weighted by molar-refractivity contribution is -0.385. The Morgan fingerprint density at radius 3 is 2.13 bits per heavy atom. The summed E-state index contributed by atoms with van der Waals surface area (Å²) >= 11 is 0. The van der Waals surface area contributed by atoms with Crippen molar-refractivity contribution in [3.63, 3.8) is 0 Å². The zero-order chi connectivity index (χ0) is 18.4. The molecule has 23 heavy (non-hydrogen) atoms. The summed E-state index contributed by atoms with van der Waals surface area (Å²) in [6.45, 7) is 5.13. The number of nitrogens with zero attached hydrogens (tertiary/aromatic N) is 1. The van der Waals surface area contributed by atoms with Gasteiger partial charge in [0, 0.05) is 12.1 Å². The van der Waals surface area contributed by atoms with Crippen LogP contribution in [0.1, 0.15) is 26.3 Å². The molecule has 0 spiro atoms. The third-order valence-electron chi connectivity index (χ3n) is 1.96. The van der Waals surface area contributed by atoms with Gasteiger partial charge in [0.25, 0.3) is 5.69 Å². The molecule has 0 aliphatic carbocycles. The van der Waals surface area contributed by atoms with Crippen LogP contribution < -0.4 is 5.48 Å². The molecule has 11 heteroatoms. The first-order valence-corrected chi connectivity index (χ1v) is 5.92. The van der Waals surface area contributed by atoms with E-state index in [2.05, 4.69) is 4.74 Å². The van der Waals surface area contributed by atoms with Gasteiger partial charge in [0.15, 0.2) is 0 Å². The Morgan fingerprint density at radius 1 is 1.30 bits per heavy atom. The van der Waals surface area contributed by atoms with Crippen molar-refractivity contribution in [2.75, 3.05) is 0 Å². The van der Waals surface area contributed by atoms with Gasteiger partial charge in [-0.15, -0.1) is 0 Å². The van der Waals surface area contributed by atoms with Crippen LogP contribution >= 0.6 is 0 Å². The Labute approximate surface area is 128 Å². The number of rotatable bonds is 1. The number of halogens is 4. The second-order valence-corrected chi connectivity index (χ2v) is 5.03. The molecule has 7 nitrogen and oxygen atoms in total. The predicted molar refractivity (Wildman–Crippen MR) is 69.2 cm³/mol. The van der Waals surface area contributed by atoms with Gasteiger partial charge in [0.2, 0.25) is 0 Å². The molecular formula is C12H14F4N2O5. The molecule has 0 aliphatic rings. The Kier molecular flexibility index (Phi) is 6.90. The van der Waals surface area contributed by atoms with Crippen LogP contribution in [0.4, 0.5) is 28.0 Å². The van der Waals surface area contributed by atoms with Crippen LogP contribution in [0.3, 0.4) is 0 Å². The van der Waals surface area contributed by atoms with Crippen molar-refractivity contribution in [2.45, 2.75) is 32.5 Å². The molecule has 0 aromatic heterocycles. The fourth-order valence-corrected chi connectivity index (χ4v) is 1.14. The van der Waals surface area contributed by atoms with E-state index in [0.29, 0.717) is 12.1 Å². The van der Waals surface area contributed by atoms with Gasteiger partial charge in [0.05, 0.1) is 10.5 Å². The third-order valence-corrected chi connectivity index (χ3v) is 1.96. The van der Waals surface area contributed by atoms with Gasteiger partial charge in [-0.1, -0.05) is 0 Å². The van der Waals surface area contributed by atoms with Crippen molar-refractivity contribution in [3.8, 4) is 0 Å². The number of alkyl halides is 3. The van der Waals surface area contributed by atoms with Crippen molar-refractivity contribution in [2.24, 2.45) is 0 Å². The Balaban J connectivity index is 0.000000468. The number of nitro groups is 1. The van der Waals surface area contributed by atoms with E-state index in [-0.39, 0.29) is 6.07 Å². The maximum Gasteiger partial charge on any atom is 0.431 e. The highest BCUT2D eigenvalue weighted by molar-refractivity contribution is 5.65. The molecule has 0 atom stereocenters. The van der Waals surface area contributed by atoms with Crippen LogP contribution in [0.25, 0.3) is 0 Å². The van der Waals surface area contributed by atoms with E-state index in [1.165, 1.54) is 5.48 Å². The summed E-state index contributed by atoms with van der Waals surface area (Å²) in [5, 5.41) is 18.1. The molecule has 0 fully saturated rings. The number of hydrogen-bond acceptors (Lipinski definition) is 5. The molecule has 1 aromatic carbocycles. The van der Waals surface area contributed by atoms with Crippen LogP contribution in [0.5, 0.6) is 0 Å². The molecule has 0 aliphatic heterocycles. The van der Waals surface area contributed by atoms with Crippen LogP contribution in [0.2, 0.25) is 0 Å². The van der Waals surface area contributed by atoms with Crippen LogP contribution in [0, 0.1) is 15.9 Å².